The first-order chi connectivity index (χ1) is 8.97. The van der Waals surface area contributed by atoms with Crippen molar-refractivity contribution < 1.29 is 14.7 Å². The van der Waals surface area contributed by atoms with Crippen molar-refractivity contribution in [2.75, 3.05) is 18.4 Å². The van der Waals surface area contributed by atoms with Gasteiger partial charge in [0.2, 0.25) is 0 Å². The third kappa shape index (κ3) is 3.03. The number of nitrogens with zero attached hydrogens (tertiary/aromatic N) is 1. The Bertz CT molecular complexity index is 516. The van der Waals surface area contributed by atoms with Gasteiger partial charge < -0.3 is 21.1 Å². The number of nitrogens with two attached hydrogens (primary N) is 1. The number of hydrogen-bond acceptors (Lipinski definition) is 3. The summed E-state index contributed by atoms with van der Waals surface area (Å²) in [4.78, 5) is 24.6. The van der Waals surface area contributed by atoms with Gasteiger partial charge in [0, 0.05) is 24.8 Å². The van der Waals surface area contributed by atoms with E-state index in [2.05, 4.69) is 5.32 Å². The summed E-state index contributed by atoms with van der Waals surface area (Å²) < 4.78 is 0. The zero-order valence-electron chi connectivity index (χ0n) is 10.7. The molecule has 19 heavy (non-hydrogen) atoms. The molecule has 0 bridgehead atoms. The molecule has 1 aromatic carbocycles. The number of hydrogen-bond donors (Lipinski definition) is 3. The standard InChI is InChI=1S/C13H17N3O3/c1-8-2-3-10(6-11(8)12(17)18)15-13(19)16-5-4-9(14)7-16/h2-3,6,9H,4-5,7,14H2,1H3,(H,15,19)(H,17,18). The highest BCUT2D eigenvalue weighted by molar-refractivity contribution is 5.94. The van der Waals surface area contributed by atoms with E-state index in [-0.39, 0.29) is 17.6 Å². The van der Waals surface area contributed by atoms with Crippen LogP contribution >= 0.6 is 0 Å². The lowest BCUT2D eigenvalue weighted by atomic mass is 10.1. The molecule has 0 radical (unpaired) electrons. The summed E-state index contributed by atoms with van der Waals surface area (Å²) in [6.45, 7) is 2.88. The molecule has 1 aliphatic heterocycles. The van der Waals surface area contributed by atoms with E-state index in [0.717, 1.165) is 6.42 Å². The number of rotatable bonds is 2. The summed E-state index contributed by atoms with van der Waals surface area (Å²) in [5.41, 5.74) is 7.07. The molecule has 1 heterocycles. The van der Waals surface area contributed by atoms with Crippen LogP contribution in [0.1, 0.15) is 22.3 Å². The number of amides is 2. The maximum Gasteiger partial charge on any atom is 0.336 e. The smallest absolute Gasteiger partial charge is 0.336 e. The number of urea groups is 1. The SMILES string of the molecule is Cc1ccc(NC(=O)N2CCC(N)C2)cc1C(=O)O. The van der Waals surface area contributed by atoms with Crippen molar-refractivity contribution in [2.24, 2.45) is 5.73 Å². The number of anilines is 1. The average Bonchev–Trinajstić information content (AvgIpc) is 2.78. The first-order valence-corrected chi connectivity index (χ1v) is 6.13. The third-order valence-electron chi connectivity index (χ3n) is 3.23. The highest BCUT2D eigenvalue weighted by atomic mass is 16.4. The Labute approximate surface area is 111 Å². The lowest BCUT2D eigenvalue weighted by Gasteiger charge is -2.17. The van der Waals surface area contributed by atoms with Gasteiger partial charge in [0.25, 0.3) is 0 Å². The van der Waals surface area contributed by atoms with Gasteiger partial charge in [-0.2, -0.15) is 0 Å². The summed E-state index contributed by atoms with van der Waals surface area (Å²) in [7, 11) is 0. The van der Waals surface area contributed by atoms with E-state index < -0.39 is 5.97 Å². The van der Waals surface area contributed by atoms with Gasteiger partial charge in [0.05, 0.1) is 5.56 Å². The minimum absolute atomic E-state index is 0.0262. The summed E-state index contributed by atoms with van der Waals surface area (Å²) in [6.07, 6.45) is 0.793. The number of carbonyl (C=O) groups is 2. The normalized spacial score (nSPS) is 18.4. The minimum atomic E-state index is -1.00. The van der Waals surface area contributed by atoms with Crippen LogP contribution in [0.3, 0.4) is 0 Å². The molecule has 0 spiro atoms. The van der Waals surface area contributed by atoms with Crippen LogP contribution in [-0.4, -0.2) is 41.1 Å². The van der Waals surface area contributed by atoms with E-state index in [9.17, 15) is 9.59 Å². The molecule has 1 aromatic rings. The van der Waals surface area contributed by atoms with Crippen LogP contribution in [0.5, 0.6) is 0 Å². The van der Waals surface area contributed by atoms with E-state index in [1.807, 2.05) is 0 Å². The Hall–Kier alpha value is -2.08. The van der Waals surface area contributed by atoms with E-state index >= 15 is 0 Å². The molecular weight excluding hydrogens is 246 g/mol. The Morgan fingerprint density at radius 2 is 2.21 bits per heavy atom. The quantitative estimate of drug-likeness (QED) is 0.748. The number of nitrogens with one attached hydrogen (secondary N) is 1. The average molecular weight is 263 g/mol. The fourth-order valence-electron chi connectivity index (χ4n) is 2.10. The van der Waals surface area contributed by atoms with Gasteiger partial charge in [-0.3, -0.25) is 0 Å². The fraction of sp³-hybridized carbons (Fsp3) is 0.385. The maximum atomic E-state index is 11.9. The van der Waals surface area contributed by atoms with Gasteiger partial charge in [0.1, 0.15) is 0 Å². The van der Waals surface area contributed by atoms with Crippen molar-refractivity contribution in [3.63, 3.8) is 0 Å². The molecular formula is C13H17N3O3. The summed E-state index contributed by atoms with van der Waals surface area (Å²) in [5.74, 6) is -1.00. The van der Waals surface area contributed by atoms with Crippen LogP contribution < -0.4 is 11.1 Å². The Morgan fingerprint density at radius 1 is 1.47 bits per heavy atom. The number of carboxylic acids is 1. The number of carbonyl (C=O) groups excluding carboxylic acids is 1. The van der Waals surface area contributed by atoms with Crippen molar-refractivity contribution in [1.82, 2.24) is 4.90 Å². The lowest BCUT2D eigenvalue weighted by molar-refractivity contribution is 0.0696. The molecule has 2 amide bonds. The fourth-order valence-corrected chi connectivity index (χ4v) is 2.10. The number of likely N-dealkylation sites (tertiary alicyclic amines) is 1. The molecule has 1 atom stereocenters. The van der Waals surface area contributed by atoms with Crippen LogP contribution in [0.15, 0.2) is 18.2 Å². The van der Waals surface area contributed by atoms with Crippen LogP contribution in [0.4, 0.5) is 10.5 Å². The van der Waals surface area contributed by atoms with Crippen LogP contribution in [-0.2, 0) is 0 Å². The minimum Gasteiger partial charge on any atom is -0.478 e. The predicted octanol–water partition coefficient (Wildman–Crippen LogP) is 1.26. The predicted molar refractivity (Wildman–Crippen MR) is 71.3 cm³/mol. The largest absolute Gasteiger partial charge is 0.478 e. The summed E-state index contributed by atoms with van der Waals surface area (Å²) in [5, 5.41) is 11.7. The Balaban J connectivity index is 2.09. The zero-order chi connectivity index (χ0) is 14.0. The molecule has 102 valence electrons. The number of aryl methyl sites for hydroxylation is 1. The van der Waals surface area contributed by atoms with Gasteiger partial charge in [-0.25, -0.2) is 9.59 Å². The molecule has 6 heteroatoms. The third-order valence-corrected chi connectivity index (χ3v) is 3.23. The first-order valence-electron chi connectivity index (χ1n) is 6.13. The summed E-state index contributed by atoms with van der Waals surface area (Å²) in [6, 6.07) is 4.61. The molecule has 1 aliphatic rings. The topological polar surface area (TPSA) is 95.7 Å². The van der Waals surface area contributed by atoms with E-state index in [1.54, 1.807) is 24.0 Å². The lowest BCUT2D eigenvalue weighted by Crippen LogP contribution is -2.35. The van der Waals surface area contributed by atoms with Gasteiger partial charge >= 0.3 is 12.0 Å². The van der Waals surface area contributed by atoms with E-state index in [4.69, 9.17) is 10.8 Å². The van der Waals surface area contributed by atoms with Crippen molar-refractivity contribution in [3.05, 3.63) is 29.3 Å². The first kappa shape index (κ1) is 13.4. The molecule has 0 aliphatic carbocycles. The van der Waals surface area contributed by atoms with E-state index in [0.29, 0.717) is 24.3 Å². The molecule has 1 fully saturated rings. The van der Waals surface area contributed by atoms with Crippen molar-refractivity contribution >= 4 is 17.7 Å². The van der Waals surface area contributed by atoms with Gasteiger partial charge in [0.15, 0.2) is 0 Å². The van der Waals surface area contributed by atoms with Crippen molar-refractivity contribution in [3.8, 4) is 0 Å². The van der Waals surface area contributed by atoms with Crippen molar-refractivity contribution in [1.29, 1.82) is 0 Å². The maximum absolute atomic E-state index is 11.9. The second-order valence-electron chi connectivity index (χ2n) is 4.76. The van der Waals surface area contributed by atoms with E-state index in [1.165, 1.54) is 6.07 Å². The number of carboxylic acid groups (broad SMARTS) is 1. The second-order valence-corrected chi connectivity index (χ2v) is 4.76. The van der Waals surface area contributed by atoms with Gasteiger partial charge in [-0.15, -0.1) is 0 Å². The Kier molecular flexibility index (Phi) is 3.71. The van der Waals surface area contributed by atoms with Gasteiger partial charge in [-0.05, 0) is 31.0 Å². The van der Waals surface area contributed by atoms with Crippen LogP contribution in [0, 0.1) is 6.92 Å². The molecule has 1 saturated heterocycles. The summed E-state index contributed by atoms with van der Waals surface area (Å²) >= 11 is 0. The Morgan fingerprint density at radius 3 is 2.79 bits per heavy atom. The van der Waals surface area contributed by atoms with Gasteiger partial charge in [-0.1, -0.05) is 6.07 Å². The van der Waals surface area contributed by atoms with Crippen molar-refractivity contribution in [2.45, 2.75) is 19.4 Å². The van der Waals surface area contributed by atoms with Crippen LogP contribution in [0.2, 0.25) is 0 Å². The monoisotopic (exact) mass is 263 g/mol. The molecule has 4 N–H and O–H groups in total. The highest BCUT2D eigenvalue weighted by Crippen LogP contribution is 2.17. The van der Waals surface area contributed by atoms with Crippen LogP contribution in [0.25, 0.3) is 0 Å². The molecule has 0 aromatic heterocycles. The highest BCUT2D eigenvalue weighted by Gasteiger charge is 2.23. The zero-order valence-corrected chi connectivity index (χ0v) is 10.7. The molecule has 0 saturated carbocycles. The second kappa shape index (κ2) is 5.27. The molecule has 2 rings (SSSR count). The number of benzene rings is 1. The molecule has 6 nitrogen and oxygen atoms in total. The molecule has 1 unspecified atom stereocenters. The number of aromatic carboxylic acids is 1.